The van der Waals surface area contributed by atoms with E-state index in [9.17, 15) is 0 Å². The third-order valence-corrected chi connectivity index (χ3v) is 12.9. The molecule has 0 aliphatic rings. The Morgan fingerprint density at radius 3 is 1.78 bits per heavy atom. The first-order valence-electron chi connectivity index (χ1n) is 20.5. The van der Waals surface area contributed by atoms with Crippen LogP contribution in [-0.4, -0.2) is 19.5 Å². The Balaban J connectivity index is 0.891. The van der Waals surface area contributed by atoms with E-state index in [1.54, 1.807) is 0 Å². The highest BCUT2D eigenvalue weighted by atomic mass is 32.1. The fourth-order valence-corrected chi connectivity index (χ4v) is 10.3. The molecule has 0 aliphatic carbocycles. The molecule has 0 atom stereocenters. The van der Waals surface area contributed by atoms with E-state index in [-0.39, 0.29) is 0 Å². The van der Waals surface area contributed by atoms with Crippen LogP contribution in [0, 0.1) is 0 Å². The van der Waals surface area contributed by atoms with Crippen molar-refractivity contribution in [3.63, 3.8) is 0 Å². The van der Waals surface area contributed by atoms with E-state index in [1.807, 2.05) is 47.7 Å². The summed E-state index contributed by atoms with van der Waals surface area (Å²) in [7, 11) is 0. The van der Waals surface area contributed by atoms with Crippen LogP contribution in [0.5, 0.6) is 0 Å². The Morgan fingerprint density at radius 2 is 1.07 bits per heavy atom. The van der Waals surface area contributed by atoms with Gasteiger partial charge in [0.2, 0.25) is 0 Å². The van der Waals surface area contributed by atoms with Crippen LogP contribution >= 0.6 is 11.3 Å². The largest absolute Gasteiger partial charge is 0.456 e. The van der Waals surface area contributed by atoms with Gasteiger partial charge in [0, 0.05) is 53.0 Å². The van der Waals surface area contributed by atoms with Crippen molar-refractivity contribution in [2.24, 2.45) is 0 Å². The third kappa shape index (κ3) is 5.71. The molecule has 0 bridgehead atoms. The van der Waals surface area contributed by atoms with Crippen molar-refractivity contribution >= 4 is 75.3 Å². The minimum Gasteiger partial charge on any atom is -0.456 e. The van der Waals surface area contributed by atoms with Crippen molar-refractivity contribution in [3.8, 4) is 39.9 Å². The number of fused-ring (bicyclic) bond motifs is 9. The Kier molecular flexibility index (Phi) is 8.16. The first kappa shape index (κ1) is 34.6. The number of benzene rings is 8. The summed E-state index contributed by atoms with van der Waals surface area (Å²) in [5, 5.41) is 7.30. The molecule has 0 N–H and O–H groups in total. The number of aromatic nitrogens is 4. The van der Waals surface area contributed by atoms with Crippen molar-refractivity contribution in [2.75, 3.05) is 0 Å². The average molecular weight is 789 g/mol. The van der Waals surface area contributed by atoms with Gasteiger partial charge < -0.3 is 8.98 Å². The number of rotatable bonds is 8. The summed E-state index contributed by atoms with van der Waals surface area (Å²) >= 11 is 1.84. The van der Waals surface area contributed by atoms with Gasteiger partial charge in [-0.25, -0.2) is 15.0 Å². The van der Waals surface area contributed by atoms with Gasteiger partial charge in [0.25, 0.3) is 0 Å². The van der Waals surface area contributed by atoms with Gasteiger partial charge in [-0.1, -0.05) is 140 Å². The van der Waals surface area contributed by atoms with E-state index in [4.69, 9.17) is 19.4 Å². The minimum atomic E-state index is 0.667. The van der Waals surface area contributed by atoms with E-state index in [0.29, 0.717) is 17.5 Å². The Hall–Kier alpha value is -7.41. The SMILES string of the molecule is c1ccc(-c2nc(-c3ccccc3)nc(-c3cccc4sc5cc(CCCc6cccc7oc8cccc(-n9c%10ccccc%10c%10ccccc%109)c8c67)ccc5c34)n2)cc1. The monoisotopic (exact) mass is 788 g/mol. The number of aryl methyl sites for hydroxylation is 2. The number of para-hydroxylation sites is 2. The van der Waals surface area contributed by atoms with Gasteiger partial charge >= 0.3 is 0 Å². The van der Waals surface area contributed by atoms with E-state index >= 15 is 0 Å². The van der Waals surface area contributed by atoms with Crippen molar-refractivity contribution in [3.05, 3.63) is 193 Å². The highest BCUT2D eigenvalue weighted by Crippen LogP contribution is 2.42. The second kappa shape index (κ2) is 14.2. The first-order valence-corrected chi connectivity index (χ1v) is 21.3. The Morgan fingerprint density at radius 1 is 0.450 bits per heavy atom. The second-order valence-corrected chi connectivity index (χ2v) is 16.5. The summed E-state index contributed by atoms with van der Waals surface area (Å²) in [6, 6.07) is 64.2. The van der Waals surface area contributed by atoms with Crippen molar-refractivity contribution in [1.29, 1.82) is 0 Å². The standard InChI is InChI=1S/C54H36N4OS/c1-3-16-36(17-4-1)52-55-53(37-18-5-2-6-19-37)57-54(56-52)41-24-13-30-47-50(41)40-32-31-34(33-48(40)60-47)15-11-20-35-21-12-28-45-49(35)51-44(27-14-29-46(51)59-45)58-42-25-9-7-22-38(42)39-23-8-10-26-43(39)58/h1-10,12-14,16-19,21-33H,11,15,20H2. The van der Waals surface area contributed by atoms with E-state index < -0.39 is 0 Å². The van der Waals surface area contributed by atoms with E-state index in [2.05, 4.69) is 150 Å². The first-order chi connectivity index (χ1) is 29.7. The molecule has 0 fully saturated rings. The molecular weight excluding hydrogens is 753 g/mol. The molecule has 0 radical (unpaired) electrons. The molecule has 0 aliphatic heterocycles. The molecule has 0 spiro atoms. The topological polar surface area (TPSA) is 56.7 Å². The minimum absolute atomic E-state index is 0.667. The smallest absolute Gasteiger partial charge is 0.164 e. The van der Waals surface area contributed by atoms with Crippen LogP contribution in [-0.2, 0) is 12.8 Å². The zero-order chi connectivity index (χ0) is 39.6. The lowest BCUT2D eigenvalue weighted by atomic mass is 9.98. The normalized spacial score (nSPS) is 11.9. The van der Waals surface area contributed by atoms with E-state index in [0.717, 1.165) is 52.8 Å². The highest BCUT2D eigenvalue weighted by Gasteiger charge is 2.20. The zero-order valence-corrected chi connectivity index (χ0v) is 33.4. The van der Waals surface area contributed by atoms with Crippen LogP contribution in [0.25, 0.3) is 104 Å². The number of nitrogens with zero attached hydrogens (tertiary/aromatic N) is 4. The van der Waals surface area contributed by atoms with Gasteiger partial charge in [0.15, 0.2) is 17.5 Å². The summed E-state index contributed by atoms with van der Waals surface area (Å²) in [5.41, 5.74) is 11.0. The summed E-state index contributed by atoms with van der Waals surface area (Å²) in [4.78, 5) is 15.1. The lowest BCUT2D eigenvalue weighted by Crippen LogP contribution is -2.00. The van der Waals surface area contributed by atoms with E-state index in [1.165, 1.54) is 63.9 Å². The molecular formula is C54H36N4OS. The lowest BCUT2D eigenvalue weighted by molar-refractivity contribution is 0.668. The fraction of sp³-hybridized carbons (Fsp3) is 0.0556. The maximum absolute atomic E-state index is 6.57. The van der Waals surface area contributed by atoms with Gasteiger partial charge in [-0.15, -0.1) is 11.3 Å². The molecule has 0 saturated carbocycles. The molecule has 5 nitrogen and oxygen atoms in total. The lowest BCUT2D eigenvalue weighted by Gasteiger charge is -2.11. The predicted molar refractivity (Wildman–Crippen MR) is 249 cm³/mol. The van der Waals surface area contributed by atoms with Gasteiger partial charge in [0.05, 0.1) is 22.1 Å². The fourth-order valence-electron chi connectivity index (χ4n) is 9.12. The summed E-state index contributed by atoms with van der Waals surface area (Å²) in [5.74, 6) is 2.01. The van der Waals surface area contributed by atoms with Crippen molar-refractivity contribution in [1.82, 2.24) is 19.5 Å². The predicted octanol–water partition coefficient (Wildman–Crippen LogP) is 14.4. The van der Waals surface area contributed by atoms with Crippen LogP contribution in [0.4, 0.5) is 0 Å². The summed E-state index contributed by atoms with van der Waals surface area (Å²) < 4.78 is 11.5. The molecule has 0 unspecified atom stereocenters. The van der Waals surface area contributed by atoms with Gasteiger partial charge in [-0.3, -0.25) is 0 Å². The molecule has 6 heteroatoms. The van der Waals surface area contributed by atoms with Crippen molar-refractivity contribution < 1.29 is 4.42 Å². The molecule has 8 aromatic carbocycles. The maximum atomic E-state index is 6.57. The van der Waals surface area contributed by atoms with Gasteiger partial charge in [0.1, 0.15) is 11.2 Å². The van der Waals surface area contributed by atoms with Crippen LogP contribution in [0.1, 0.15) is 17.5 Å². The number of furan rings is 1. The molecule has 12 aromatic rings. The van der Waals surface area contributed by atoms with Crippen molar-refractivity contribution in [2.45, 2.75) is 19.3 Å². The average Bonchev–Trinajstić information content (AvgIpc) is 3.99. The zero-order valence-electron chi connectivity index (χ0n) is 32.5. The molecule has 4 aromatic heterocycles. The molecule has 0 amide bonds. The third-order valence-electron chi connectivity index (χ3n) is 11.8. The number of hydrogen-bond donors (Lipinski definition) is 0. The molecule has 284 valence electrons. The van der Waals surface area contributed by atoms with Crippen LogP contribution in [0.2, 0.25) is 0 Å². The second-order valence-electron chi connectivity index (χ2n) is 15.4. The van der Waals surface area contributed by atoms with Crippen LogP contribution in [0.3, 0.4) is 0 Å². The highest BCUT2D eigenvalue weighted by molar-refractivity contribution is 7.26. The summed E-state index contributed by atoms with van der Waals surface area (Å²) in [6.07, 6.45) is 2.92. The van der Waals surface area contributed by atoms with Crippen LogP contribution < -0.4 is 0 Å². The Labute approximate surface area is 349 Å². The number of hydrogen-bond acceptors (Lipinski definition) is 5. The number of thiophene rings is 1. The summed E-state index contributed by atoms with van der Waals surface area (Å²) in [6.45, 7) is 0. The van der Waals surface area contributed by atoms with Gasteiger partial charge in [-0.2, -0.15) is 0 Å². The van der Waals surface area contributed by atoms with Crippen LogP contribution in [0.15, 0.2) is 186 Å². The quantitative estimate of drug-likeness (QED) is 0.154. The molecule has 4 heterocycles. The maximum Gasteiger partial charge on any atom is 0.164 e. The molecule has 12 rings (SSSR count). The molecule has 60 heavy (non-hydrogen) atoms. The van der Waals surface area contributed by atoms with Gasteiger partial charge in [-0.05, 0) is 72.9 Å². The Bertz CT molecular complexity index is 3470. The molecule has 0 saturated heterocycles.